The van der Waals surface area contributed by atoms with Gasteiger partial charge in [-0.15, -0.1) is 0 Å². The first-order valence-electron chi connectivity index (χ1n) is 9.61. The van der Waals surface area contributed by atoms with E-state index in [1.807, 2.05) is 24.0 Å². The normalized spacial score (nSPS) is 17.5. The van der Waals surface area contributed by atoms with Crippen LogP contribution in [0.15, 0.2) is 30.5 Å². The number of carbonyl (C=O) groups excluding carboxylic acids is 1. The first-order valence-corrected chi connectivity index (χ1v) is 9.61. The molecule has 1 aromatic carbocycles. The van der Waals surface area contributed by atoms with E-state index in [4.69, 9.17) is 9.47 Å². The number of anilines is 3. The molecule has 0 spiro atoms. The van der Waals surface area contributed by atoms with E-state index < -0.39 is 0 Å². The topological polar surface area (TPSA) is 79.8 Å². The van der Waals surface area contributed by atoms with Crippen LogP contribution < -0.4 is 15.1 Å². The van der Waals surface area contributed by atoms with Gasteiger partial charge in [-0.1, -0.05) is 0 Å². The van der Waals surface area contributed by atoms with Gasteiger partial charge in [0, 0.05) is 43.8 Å². The van der Waals surface area contributed by atoms with E-state index in [0.29, 0.717) is 24.9 Å². The Morgan fingerprint density at radius 2 is 1.68 bits per heavy atom. The molecule has 3 heterocycles. The molecule has 1 aromatic heterocycles. The molecular weight excluding hydrogens is 358 g/mol. The zero-order chi connectivity index (χ0) is 19.3. The molecule has 0 saturated carbocycles. The van der Waals surface area contributed by atoms with E-state index in [1.54, 1.807) is 12.3 Å². The number of aromatic nitrogens is 2. The molecule has 2 aliphatic rings. The van der Waals surface area contributed by atoms with Gasteiger partial charge < -0.3 is 24.6 Å². The Kier molecular flexibility index (Phi) is 5.68. The molecule has 148 valence electrons. The SMILES string of the molecule is Cc1cc(N2CCOCC2)ccc1NC(=O)c1ccnc(N2CCOCC2)n1. The predicted octanol–water partition coefficient (Wildman–Crippen LogP) is 1.71. The van der Waals surface area contributed by atoms with Crippen LogP contribution in [0.1, 0.15) is 16.1 Å². The number of amides is 1. The summed E-state index contributed by atoms with van der Waals surface area (Å²) in [7, 11) is 0. The van der Waals surface area contributed by atoms with Crippen molar-refractivity contribution in [1.29, 1.82) is 0 Å². The summed E-state index contributed by atoms with van der Waals surface area (Å²) < 4.78 is 10.8. The standard InChI is InChI=1S/C20H25N5O3/c1-15-14-16(24-6-10-27-11-7-24)2-3-17(15)22-19(26)18-4-5-21-20(23-18)25-8-12-28-13-9-25/h2-5,14H,6-13H2,1H3,(H,22,26). The number of aryl methyl sites for hydroxylation is 1. The summed E-state index contributed by atoms with van der Waals surface area (Å²) in [5, 5.41) is 2.97. The molecule has 4 rings (SSSR count). The average molecular weight is 383 g/mol. The number of benzene rings is 1. The minimum atomic E-state index is -0.237. The highest BCUT2D eigenvalue weighted by Crippen LogP contribution is 2.24. The van der Waals surface area contributed by atoms with Crippen molar-refractivity contribution in [3.63, 3.8) is 0 Å². The first kappa shape index (κ1) is 18.6. The van der Waals surface area contributed by atoms with E-state index in [9.17, 15) is 4.79 Å². The summed E-state index contributed by atoms with van der Waals surface area (Å²) in [6.07, 6.45) is 1.63. The van der Waals surface area contributed by atoms with Crippen LogP contribution in [0.2, 0.25) is 0 Å². The number of nitrogens with zero attached hydrogens (tertiary/aromatic N) is 4. The van der Waals surface area contributed by atoms with E-state index in [1.165, 1.54) is 0 Å². The monoisotopic (exact) mass is 383 g/mol. The van der Waals surface area contributed by atoms with Crippen LogP contribution in [0.25, 0.3) is 0 Å². The van der Waals surface area contributed by atoms with Gasteiger partial charge in [0.2, 0.25) is 5.95 Å². The lowest BCUT2D eigenvalue weighted by atomic mass is 10.1. The van der Waals surface area contributed by atoms with Crippen molar-refractivity contribution in [3.05, 3.63) is 41.7 Å². The Hall–Kier alpha value is -2.71. The lowest BCUT2D eigenvalue weighted by Crippen LogP contribution is -2.37. The van der Waals surface area contributed by atoms with Gasteiger partial charge in [0.25, 0.3) is 5.91 Å². The lowest BCUT2D eigenvalue weighted by molar-refractivity contribution is 0.102. The molecule has 0 atom stereocenters. The fraction of sp³-hybridized carbons (Fsp3) is 0.450. The van der Waals surface area contributed by atoms with Gasteiger partial charge in [-0.2, -0.15) is 0 Å². The maximum atomic E-state index is 12.7. The molecule has 0 radical (unpaired) electrons. The Labute approximate surface area is 164 Å². The van der Waals surface area contributed by atoms with E-state index in [0.717, 1.165) is 56.3 Å². The molecule has 8 nitrogen and oxygen atoms in total. The van der Waals surface area contributed by atoms with Crippen molar-refractivity contribution in [1.82, 2.24) is 9.97 Å². The molecule has 8 heteroatoms. The molecule has 28 heavy (non-hydrogen) atoms. The lowest BCUT2D eigenvalue weighted by Gasteiger charge is -2.29. The summed E-state index contributed by atoms with van der Waals surface area (Å²) in [6, 6.07) is 7.71. The fourth-order valence-electron chi connectivity index (χ4n) is 3.38. The molecule has 2 saturated heterocycles. The first-order chi connectivity index (χ1) is 13.7. The third-order valence-corrected chi connectivity index (χ3v) is 5.00. The van der Waals surface area contributed by atoms with Gasteiger partial charge in [0.15, 0.2) is 0 Å². The quantitative estimate of drug-likeness (QED) is 0.861. The molecule has 2 aliphatic heterocycles. The second-order valence-electron chi connectivity index (χ2n) is 6.89. The van der Waals surface area contributed by atoms with Gasteiger partial charge in [-0.3, -0.25) is 4.79 Å². The molecule has 0 aliphatic carbocycles. The van der Waals surface area contributed by atoms with Crippen LogP contribution in [0.4, 0.5) is 17.3 Å². The molecular formula is C20H25N5O3. The number of hydrogen-bond acceptors (Lipinski definition) is 7. The highest BCUT2D eigenvalue weighted by atomic mass is 16.5. The number of nitrogens with one attached hydrogen (secondary N) is 1. The summed E-state index contributed by atoms with van der Waals surface area (Å²) >= 11 is 0. The molecule has 0 unspecified atom stereocenters. The average Bonchev–Trinajstić information content (AvgIpc) is 2.76. The molecule has 1 amide bonds. The van der Waals surface area contributed by atoms with Gasteiger partial charge in [0.1, 0.15) is 5.69 Å². The maximum absolute atomic E-state index is 12.7. The highest BCUT2D eigenvalue weighted by Gasteiger charge is 2.17. The van der Waals surface area contributed by atoms with Crippen LogP contribution in [0.3, 0.4) is 0 Å². The van der Waals surface area contributed by atoms with E-state index in [-0.39, 0.29) is 5.91 Å². The summed E-state index contributed by atoms with van der Waals surface area (Å²) in [5.41, 5.74) is 3.30. The number of morpholine rings is 2. The molecule has 2 fully saturated rings. The van der Waals surface area contributed by atoms with Gasteiger partial charge in [0.05, 0.1) is 26.4 Å². The van der Waals surface area contributed by atoms with Gasteiger partial charge in [-0.25, -0.2) is 9.97 Å². The Bertz CT molecular complexity index is 832. The van der Waals surface area contributed by atoms with Gasteiger partial charge >= 0.3 is 0 Å². The maximum Gasteiger partial charge on any atom is 0.274 e. The summed E-state index contributed by atoms with van der Waals surface area (Å²) in [4.78, 5) is 25.8. The fourth-order valence-corrected chi connectivity index (χ4v) is 3.38. The smallest absolute Gasteiger partial charge is 0.274 e. The summed E-state index contributed by atoms with van der Waals surface area (Å²) in [6.45, 7) is 8.02. The Morgan fingerprint density at radius 1 is 1.00 bits per heavy atom. The van der Waals surface area contributed by atoms with Crippen LogP contribution in [0.5, 0.6) is 0 Å². The van der Waals surface area contributed by atoms with Crippen molar-refractivity contribution in [2.75, 3.05) is 67.7 Å². The number of carbonyl (C=O) groups is 1. The molecule has 0 bridgehead atoms. The number of hydrogen-bond donors (Lipinski definition) is 1. The van der Waals surface area contributed by atoms with E-state index >= 15 is 0 Å². The minimum absolute atomic E-state index is 0.237. The van der Waals surface area contributed by atoms with Crippen molar-refractivity contribution >= 4 is 23.2 Å². The number of ether oxygens (including phenoxy) is 2. The van der Waals surface area contributed by atoms with Crippen LogP contribution in [-0.2, 0) is 9.47 Å². The van der Waals surface area contributed by atoms with Crippen molar-refractivity contribution in [2.45, 2.75) is 6.92 Å². The van der Waals surface area contributed by atoms with Crippen molar-refractivity contribution in [2.24, 2.45) is 0 Å². The van der Waals surface area contributed by atoms with Gasteiger partial charge in [-0.05, 0) is 36.8 Å². The summed E-state index contributed by atoms with van der Waals surface area (Å²) in [5.74, 6) is 0.328. The number of rotatable bonds is 4. The second-order valence-corrected chi connectivity index (χ2v) is 6.89. The van der Waals surface area contributed by atoms with Crippen LogP contribution >= 0.6 is 0 Å². The zero-order valence-corrected chi connectivity index (χ0v) is 16.1. The predicted molar refractivity (Wildman–Crippen MR) is 107 cm³/mol. The third-order valence-electron chi connectivity index (χ3n) is 5.00. The zero-order valence-electron chi connectivity index (χ0n) is 16.1. The van der Waals surface area contributed by atoms with E-state index in [2.05, 4.69) is 26.3 Å². The van der Waals surface area contributed by atoms with Crippen LogP contribution in [-0.4, -0.2) is 68.5 Å². The Balaban J connectivity index is 1.46. The third kappa shape index (κ3) is 4.23. The second kappa shape index (κ2) is 8.53. The van der Waals surface area contributed by atoms with Crippen molar-refractivity contribution in [3.8, 4) is 0 Å². The minimum Gasteiger partial charge on any atom is -0.378 e. The Morgan fingerprint density at radius 3 is 2.36 bits per heavy atom. The molecule has 1 N–H and O–H groups in total. The largest absolute Gasteiger partial charge is 0.378 e. The van der Waals surface area contributed by atoms with Crippen LogP contribution in [0, 0.1) is 6.92 Å². The molecule has 2 aromatic rings. The highest BCUT2D eigenvalue weighted by molar-refractivity contribution is 6.03. The van der Waals surface area contributed by atoms with Crippen molar-refractivity contribution < 1.29 is 14.3 Å².